The van der Waals surface area contributed by atoms with Crippen molar-refractivity contribution in [3.05, 3.63) is 82.3 Å². The first-order valence-corrected chi connectivity index (χ1v) is 9.73. The summed E-state index contributed by atoms with van der Waals surface area (Å²) in [5.74, 6) is -0.633. The van der Waals surface area contributed by atoms with Gasteiger partial charge in [-0.1, -0.05) is 59.6 Å². The quantitative estimate of drug-likeness (QED) is 0.411. The number of para-hydroxylation sites is 2. The number of aromatic amines is 1. The third-order valence-electron chi connectivity index (χ3n) is 4.35. The number of ether oxygens (including phenoxy) is 1. The molecule has 0 bridgehead atoms. The van der Waals surface area contributed by atoms with Gasteiger partial charge in [-0.25, -0.2) is 9.78 Å². The number of imidazole rings is 1. The zero-order valence-corrected chi connectivity index (χ0v) is 17.0. The molecule has 0 fully saturated rings. The van der Waals surface area contributed by atoms with Crippen LogP contribution in [0.5, 0.6) is 0 Å². The molecule has 0 saturated heterocycles. The van der Waals surface area contributed by atoms with Crippen LogP contribution in [0.15, 0.2) is 66.7 Å². The fourth-order valence-electron chi connectivity index (χ4n) is 2.94. The predicted molar refractivity (Wildman–Crippen MR) is 117 cm³/mol. The van der Waals surface area contributed by atoms with Crippen LogP contribution in [0.3, 0.4) is 0 Å². The molecule has 0 unspecified atom stereocenters. The summed E-state index contributed by atoms with van der Waals surface area (Å²) in [6.45, 7) is -0.476. The van der Waals surface area contributed by atoms with Gasteiger partial charge in [-0.2, -0.15) is 0 Å². The van der Waals surface area contributed by atoms with E-state index in [1.807, 2.05) is 24.3 Å². The first kappa shape index (κ1) is 19.9. The van der Waals surface area contributed by atoms with Crippen molar-refractivity contribution in [1.29, 1.82) is 0 Å². The molecule has 0 radical (unpaired) electrons. The van der Waals surface area contributed by atoms with E-state index in [9.17, 15) is 9.59 Å². The molecule has 4 rings (SSSR count). The van der Waals surface area contributed by atoms with Gasteiger partial charge < -0.3 is 15.0 Å². The second-order valence-corrected chi connectivity index (χ2v) is 7.16. The Morgan fingerprint density at radius 2 is 1.73 bits per heavy atom. The minimum absolute atomic E-state index is 0.217. The van der Waals surface area contributed by atoms with Crippen molar-refractivity contribution < 1.29 is 14.3 Å². The van der Waals surface area contributed by atoms with Crippen molar-refractivity contribution in [2.24, 2.45) is 0 Å². The molecular weight excluding hydrogens is 425 g/mol. The fraction of sp³-hybridized carbons (Fsp3) is 0.0455. The summed E-state index contributed by atoms with van der Waals surface area (Å²) in [5.41, 5.74) is 2.86. The SMILES string of the molecule is O=C(COC(=O)c1ccccc1-c1nc2ccccc2[nH]1)Nc1cccc(Cl)c1Cl. The van der Waals surface area contributed by atoms with Crippen LogP contribution in [0.4, 0.5) is 5.69 Å². The molecule has 8 heteroatoms. The van der Waals surface area contributed by atoms with E-state index in [1.54, 1.807) is 42.5 Å². The van der Waals surface area contributed by atoms with Crippen LogP contribution in [0.1, 0.15) is 10.4 Å². The molecule has 30 heavy (non-hydrogen) atoms. The lowest BCUT2D eigenvalue weighted by molar-refractivity contribution is -0.119. The van der Waals surface area contributed by atoms with Crippen LogP contribution in [0.25, 0.3) is 22.4 Å². The zero-order chi connectivity index (χ0) is 21.1. The lowest BCUT2D eigenvalue weighted by Gasteiger charge is -2.10. The van der Waals surface area contributed by atoms with Crippen LogP contribution < -0.4 is 5.32 Å². The van der Waals surface area contributed by atoms with Crippen molar-refractivity contribution in [1.82, 2.24) is 9.97 Å². The second kappa shape index (κ2) is 8.57. The smallest absolute Gasteiger partial charge is 0.339 e. The molecule has 0 saturated carbocycles. The Kier molecular flexibility index (Phi) is 5.70. The average Bonchev–Trinajstić information content (AvgIpc) is 3.19. The molecule has 0 aliphatic rings. The minimum atomic E-state index is -0.640. The van der Waals surface area contributed by atoms with E-state index < -0.39 is 18.5 Å². The standard InChI is InChI=1S/C22H15Cl2N3O3/c23-15-8-5-11-18(20(15)24)25-19(28)12-30-22(29)14-7-2-1-6-13(14)21-26-16-9-3-4-10-17(16)27-21/h1-11H,12H2,(H,25,28)(H,26,27). The lowest BCUT2D eigenvalue weighted by Crippen LogP contribution is -2.21. The number of nitrogens with zero attached hydrogens (tertiary/aromatic N) is 1. The summed E-state index contributed by atoms with van der Waals surface area (Å²) >= 11 is 12.0. The molecule has 0 aliphatic carbocycles. The molecule has 3 aromatic carbocycles. The highest BCUT2D eigenvalue weighted by Crippen LogP contribution is 2.29. The molecule has 1 heterocycles. The summed E-state index contributed by atoms with van der Waals surface area (Å²) in [4.78, 5) is 32.5. The summed E-state index contributed by atoms with van der Waals surface area (Å²) in [6, 6.07) is 19.3. The Morgan fingerprint density at radius 3 is 2.57 bits per heavy atom. The molecule has 150 valence electrons. The van der Waals surface area contributed by atoms with Crippen molar-refractivity contribution in [3.63, 3.8) is 0 Å². The maximum atomic E-state index is 12.6. The van der Waals surface area contributed by atoms with Crippen molar-refractivity contribution in [2.45, 2.75) is 0 Å². The Bertz CT molecular complexity index is 1220. The molecular formula is C22H15Cl2N3O3. The van der Waals surface area contributed by atoms with Gasteiger partial charge in [0.15, 0.2) is 6.61 Å². The number of H-pyrrole nitrogens is 1. The maximum absolute atomic E-state index is 12.6. The van der Waals surface area contributed by atoms with Crippen LogP contribution in [0.2, 0.25) is 10.0 Å². The van der Waals surface area contributed by atoms with E-state index in [0.717, 1.165) is 11.0 Å². The van der Waals surface area contributed by atoms with E-state index in [4.69, 9.17) is 27.9 Å². The Hall–Kier alpha value is -3.35. The van der Waals surface area contributed by atoms with E-state index in [0.29, 0.717) is 27.7 Å². The van der Waals surface area contributed by atoms with Crippen LogP contribution >= 0.6 is 23.2 Å². The predicted octanol–water partition coefficient (Wildman–Crippen LogP) is 5.33. The topological polar surface area (TPSA) is 84.1 Å². The Labute approximate surface area is 181 Å². The lowest BCUT2D eigenvalue weighted by atomic mass is 10.1. The number of nitrogens with one attached hydrogen (secondary N) is 2. The largest absolute Gasteiger partial charge is 0.452 e. The number of amides is 1. The number of hydrogen-bond donors (Lipinski definition) is 2. The Morgan fingerprint density at radius 1 is 0.967 bits per heavy atom. The van der Waals surface area contributed by atoms with Gasteiger partial charge >= 0.3 is 5.97 Å². The number of aromatic nitrogens is 2. The van der Waals surface area contributed by atoms with Crippen LogP contribution in [0, 0.1) is 0 Å². The number of benzene rings is 3. The monoisotopic (exact) mass is 439 g/mol. The molecule has 2 N–H and O–H groups in total. The second-order valence-electron chi connectivity index (χ2n) is 6.37. The van der Waals surface area contributed by atoms with Gasteiger partial charge in [-0.15, -0.1) is 0 Å². The number of fused-ring (bicyclic) bond motifs is 1. The van der Waals surface area contributed by atoms with Gasteiger partial charge in [0.05, 0.1) is 32.3 Å². The average molecular weight is 440 g/mol. The molecule has 0 atom stereocenters. The summed E-state index contributed by atoms with van der Waals surface area (Å²) in [6.07, 6.45) is 0. The maximum Gasteiger partial charge on any atom is 0.339 e. The first-order valence-electron chi connectivity index (χ1n) is 8.98. The molecule has 4 aromatic rings. The molecule has 0 aliphatic heterocycles. The third-order valence-corrected chi connectivity index (χ3v) is 5.17. The molecule has 6 nitrogen and oxygen atoms in total. The summed E-state index contributed by atoms with van der Waals surface area (Å²) in [5, 5.41) is 3.10. The third kappa shape index (κ3) is 4.15. The van der Waals surface area contributed by atoms with Gasteiger partial charge in [0.25, 0.3) is 5.91 Å². The van der Waals surface area contributed by atoms with E-state index in [1.165, 1.54) is 0 Å². The zero-order valence-electron chi connectivity index (χ0n) is 15.5. The summed E-state index contributed by atoms with van der Waals surface area (Å²) in [7, 11) is 0. The first-order chi connectivity index (χ1) is 14.5. The normalized spacial score (nSPS) is 10.7. The number of rotatable bonds is 5. The van der Waals surface area contributed by atoms with Gasteiger partial charge in [-0.3, -0.25) is 4.79 Å². The van der Waals surface area contributed by atoms with Crippen LogP contribution in [-0.4, -0.2) is 28.5 Å². The number of halogens is 2. The highest BCUT2D eigenvalue weighted by Gasteiger charge is 2.18. The van der Waals surface area contributed by atoms with Gasteiger partial charge in [-0.05, 0) is 30.3 Å². The van der Waals surface area contributed by atoms with Crippen molar-refractivity contribution in [3.8, 4) is 11.4 Å². The number of hydrogen-bond acceptors (Lipinski definition) is 4. The number of carbonyl (C=O) groups is 2. The van der Waals surface area contributed by atoms with Crippen molar-refractivity contribution >= 4 is 51.8 Å². The van der Waals surface area contributed by atoms with Crippen LogP contribution in [-0.2, 0) is 9.53 Å². The van der Waals surface area contributed by atoms with E-state index >= 15 is 0 Å². The summed E-state index contributed by atoms with van der Waals surface area (Å²) < 4.78 is 5.20. The number of carbonyl (C=O) groups excluding carboxylic acids is 2. The number of anilines is 1. The molecule has 1 amide bonds. The van der Waals surface area contributed by atoms with E-state index in [2.05, 4.69) is 15.3 Å². The Balaban J connectivity index is 1.49. The van der Waals surface area contributed by atoms with Gasteiger partial charge in [0.2, 0.25) is 0 Å². The van der Waals surface area contributed by atoms with Crippen molar-refractivity contribution in [2.75, 3.05) is 11.9 Å². The van der Waals surface area contributed by atoms with E-state index in [-0.39, 0.29) is 5.02 Å². The highest BCUT2D eigenvalue weighted by molar-refractivity contribution is 6.44. The molecule has 0 spiro atoms. The minimum Gasteiger partial charge on any atom is -0.452 e. The van der Waals surface area contributed by atoms with Gasteiger partial charge in [0.1, 0.15) is 5.82 Å². The number of esters is 1. The molecule has 1 aromatic heterocycles. The fourth-order valence-corrected chi connectivity index (χ4v) is 3.29. The van der Waals surface area contributed by atoms with Gasteiger partial charge in [0, 0.05) is 5.56 Å². The highest BCUT2D eigenvalue weighted by atomic mass is 35.5.